The van der Waals surface area contributed by atoms with Crippen LogP contribution in [0, 0.1) is 6.92 Å². The fourth-order valence-corrected chi connectivity index (χ4v) is 4.47. The van der Waals surface area contributed by atoms with Gasteiger partial charge in [0.15, 0.2) is 0 Å². The molecule has 1 atom stereocenters. The van der Waals surface area contributed by atoms with Crippen molar-refractivity contribution >= 4 is 40.1 Å². The molecule has 9 nitrogen and oxygen atoms in total. The van der Waals surface area contributed by atoms with Crippen LogP contribution in [0.2, 0.25) is 0 Å². The van der Waals surface area contributed by atoms with Crippen molar-refractivity contribution in [2.24, 2.45) is 15.7 Å². The number of rotatable bonds is 10. The molecule has 2 aliphatic rings. The van der Waals surface area contributed by atoms with Gasteiger partial charge in [0.25, 0.3) is 0 Å². The van der Waals surface area contributed by atoms with Gasteiger partial charge in [-0.15, -0.1) is 0 Å². The lowest BCUT2D eigenvalue weighted by atomic mass is 10.1. The Kier molecular flexibility index (Phi) is 9.28. The summed E-state index contributed by atoms with van der Waals surface area (Å²) in [5, 5.41) is 7.97. The largest absolute Gasteiger partial charge is 0.390 e. The number of hydrogen-bond acceptors (Lipinski definition) is 6. The highest BCUT2D eigenvalue weighted by atomic mass is 79.9. The number of carbonyl (C=O) groups is 1. The van der Waals surface area contributed by atoms with Crippen molar-refractivity contribution in [2.75, 3.05) is 39.3 Å². The quantitative estimate of drug-likeness (QED) is 0.288. The van der Waals surface area contributed by atoms with Crippen LogP contribution in [-0.2, 0) is 4.79 Å². The van der Waals surface area contributed by atoms with Crippen molar-refractivity contribution in [3.8, 4) is 0 Å². The Morgan fingerprint density at radius 3 is 2.97 bits per heavy atom. The molecule has 1 aromatic rings. The molecular formula is C22H35BrN8O. The molecule has 176 valence electrons. The van der Waals surface area contributed by atoms with E-state index in [0.717, 1.165) is 69.8 Å². The van der Waals surface area contributed by atoms with Crippen LogP contribution in [0.3, 0.4) is 0 Å². The molecule has 3 rings (SSSR count). The maximum absolute atomic E-state index is 11.9. The molecule has 0 radical (unpaired) electrons. The van der Waals surface area contributed by atoms with Crippen molar-refractivity contribution in [3.63, 3.8) is 0 Å². The molecule has 10 heteroatoms. The second-order valence-electron chi connectivity index (χ2n) is 8.27. The molecule has 32 heavy (non-hydrogen) atoms. The molecular weight excluding hydrogens is 472 g/mol. The van der Waals surface area contributed by atoms with E-state index in [1.54, 1.807) is 6.21 Å². The summed E-state index contributed by atoms with van der Waals surface area (Å²) in [4.78, 5) is 25.1. The maximum Gasteiger partial charge on any atom is 0.222 e. The molecule has 1 amide bonds. The number of aromatic nitrogens is 2. The van der Waals surface area contributed by atoms with Gasteiger partial charge in [-0.3, -0.25) is 14.5 Å². The first kappa shape index (κ1) is 24.4. The minimum Gasteiger partial charge on any atom is -0.390 e. The highest BCUT2D eigenvalue weighted by molar-refractivity contribution is 9.12. The Balaban J connectivity index is 1.57. The molecule has 1 unspecified atom stereocenters. The number of halogens is 1. The Labute approximate surface area is 199 Å². The first-order valence-electron chi connectivity index (χ1n) is 11.5. The second kappa shape index (κ2) is 12.2. The number of aliphatic imine (C=N–C) groups is 2. The van der Waals surface area contributed by atoms with E-state index in [-0.39, 0.29) is 5.91 Å². The predicted molar refractivity (Wildman–Crippen MR) is 133 cm³/mol. The Bertz CT molecular complexity index is 862. The lowest BCUT2D eigenvalue weighted by molar-refractivity contribution is -0.133. The topological polar surface area (TPSA) is 104 Å². The van der Waals surface area contributed by atoms with Crippen molar-refractivity contribution in [1.29, 1.82) is 0 Å². The normalized spacial score (nSPS) is 21.2. The zero-order valence-electron chi connectivity index (χ0n) is 19.1. The minimum absolute atomic E-state index is 0.260. The number of amides is 1. The van der Waals surface area contributed by atoms with Gasteiger partial charge in [0.05, 0.1) is 28.8 Å². The number of likely N-dealkylation sites (tertiary alicyclic amines) is 2. The molecule has 2 fully saturated rings. The molecule has 2 aliphatic heterocycles. The van der Waals surface area contributed by atoms with E-state index >= 15 is 0 Å². The highest BCUT2D eigenvalue weighted by Gasteiger charge is 2.24. The third-order valence-corrected chi connectivity index (χ3v) is 6.61. The summed E-state index contributed by atoms with van der Waals surface area (Å²) < 4.78 is 2.76. The molecule has 3 heterocycles. The first-order chi connectivity index (χ1) is 15.5. The molecule has 0 bridgehead atoms. The van der Waals surface area contributed by atoms with E-state index < -0.39 is 0 Å². The lowest BCUT2D eigenvalue weighted by Crippen LogP contribution is -2.37. The average Bonchev–Trinajstić information content (AvgIpc) is 3.42. The zero-order valence-corrected chi connectivity index (χ0v) is 20.7. The highest BCUT2D eigenvalue weighted by Crippen LogP contribution is 2.25. The number of piperidine rings is 1. The van der Waals surface area contributed by atoms with E-state index in [4.69, 9.17) is 5.73 Å². The van der Waals surface area contributed by atoms with Crippen LogP contribution < -0.4 is 11.1 Å². The van der Waals surface area contributed by atoms with Crippen LogP contribution in [0.1, 0.15) is 50.8 Å². The van der Waals surface area contributed by atoms with Crippen molar-refractivity contribution < 1.29 is 4.79 Å². The zero-order chi connectivity index (χ0) is 22.9. The third kappa shape index (κ3) is 6.65. The SMILES string of the molecule is CCN1CCC(n2cc(\N=C/C(Br)=C(\N=C\N)NCCCN3CCCCC3=O)c(C)n2)C1. The summed E-state index contributed by atoms with van der Waals surface area (Å²) in [6.07, 6.45) is 9.74. The van der Waals surface area contributed by atoms with Gasteiger partial charge in [-0.1, -0.05) is 6.92 Å². The van der Waals surface area contributed by atoms with E-state index in [2.05, 4.69) is 48.2 Å². The fourth-order valence-electron chi connectivity index (χ4n) is 4.13. The van der Waals surface area contributed by atoms with E-state index in [0.29, 0.717) is 29.3 Å². The number of allylic oxidation sites excluding steroid dienone is 1. The first-order valence-corrected chi connectivity index (χ1v) is 12.3. The fraction of sp³-hybridized carbons (Fsp3) is 0.636. The number of aryl methyl sites for hydroxylation is 1. The smallest absolute Gasteiger partial charge is 0.222 e. The number of nitrogens with one attached hydrogen (secondary N) is 1. The second-order valence-corrected chi connectivity index (χ2v) is 9.12. The van der Waals surface area contributed by atoms with Gasteiger partial charge in [0.2, 0.25) is 5.91 Å². The van der Waals surface area contributed by atoms with Gasteiger partial charge in [-0.05, 0) is 55.1 Å². The van der Waals surface area contributed by atoms with Crippen LogP contribution >= 0.6 is 15.9 Å². The van der Waals surface area contributed by atoms with Crippen LogP contribution in [0.4, 0.5) is 5.69 Å². The van der Waals surface area contributed by atoms with Gasteiger partial charge in [0.1, 0.15) is 11.5 Å². The molecule has 2 saturated heterocycles. The number of nitrogens with two attached hydrogens (primary N) is 1. The van der Waals surface area contributed by atoms with Crippen LogP contribution in [0.5, 0.6) is 0 Å². The van der Waals surface area contributed by atoms with E-state index in [9.17, 15) is 4.79 Å². The van der Waals surface area contributed by atoms with E-state index in [1.807, 2.05) is 22.7 Å². The van der Waals surface area contributed by atoms with Gasteiger partial charge >= 0.3 is 0 Å². The summed E-state index contributed by atoms with van der Waals surface area (Å²) in [6, 6.07) is 0.405. The monoisotopic (exact) mass is 506 g/mol. The summed E-state index contributed by atoms with van der Waals surface area (Å²) in [5.41, 5.74) is 7.28. The van der Waals surface area contributed by atoms with Crippen molar-refractivity contribution in [1.82, 2.24) is 24.9 Å². The predicted octanol–water partition coefficient (Wildman–Crippen LogP) is 2.70. The van der Waals surface area contributed by atoms with Gasteiger partial charge in [0, 0.05) is 45.4 Å². The van der Waals surface area contributed by atoms with Gasteiger partial charge in [-0.2, -0.15) is 5.10 Å². The number of hydrogen-bond donors (Lipinski definition) is 2. The Hall–Kier alpha value is -2.20. The van der Waals surface area contributed by atoms with Gasteiger partial charge < -0.3 is 20.9 Å². The minimum atomic E-state index is 0.260. The van der Waals surface area contributed by atoms with Crippen LogP contribution in [0.15, 0.2) is 26.5 Å². The number of carbonyl (C=O) groups excluding carboxylic acids is 1. The number of likely N-dealkylation sites (N-methyl/N-ethyl adjacent to an activating group) is 1. The molecule has 0 aliphatic carbocycles. The molecule has 0 saturated carbocycles. The molecule has 0 spiro atoms. The Morgan fingerprint density at radius 2 is 2.25 bits per heavy atom. The summed E-state index contributed by atoms with van der Waals surface area (Å²) in [6.45, 7) is 9.70. The molecule has 3 N–H and O–H groups in total. The van der Waals surface area contributed by atoms with Crippen molar-refractivity contribution in [3.05, 3.63) is 22.2 Å². The van der Waals surface area contributed by atoms with Crippen LogP contribution in [0.25, 0.3) is 0 Å². The van der Waals surface area contributed by atoms with Gasteiger partial charge in [-0.25, -0.2) is 4.99 Å². The summed E-state index contributed by atoms with van der Waals surface area (Å²) in [5.74, 6) is 0.872. The average molecular weight is 507 g/mol. The third-order valence-electron chi connectivity index (χ3n) is 6.03. The lowest BCUT2D eigenvalue weighted by Gasteiger charge is -2.26. The standard InChI is InChI=1S/C22H35BrN8O/c1-3-29-12-8-18(14-29)31-15-20(17(2)28-31)26-13-19(23)22(27-16-24)25-9-6-11-30-10-5-4-7-21(30)32/h13,15-16,18,25H,3-12,14H2,1-2H3,(H2,24,27)/b22-19+,26-13-. The molecule has 0 aromatic carbocycles. The Morgan fingerprint density at radius 1 is 1.41 bits per heavy atom. The maximum atomic E-state index is 11.9. The summed E-state index contributed by atoms with van der Waals surface area (Å²) >= 11 is 3.56. The molecule has 1 aromatic heterocycles. The van der Waals surface area contributed by atoms with Crippen molar-refractivity contribution in [2.45, 2.75) is 52.0 Å². The number of nitrogens with zero attached hydrogens (tertiary/aromatic N) is 6. The summed E-state index contributed by atoms with van der Waals surface area (Å²) in [7, 11) is 0. The van der Waals surface area contributed by atoms with Crippen LogP contribution in [-0.4, -0.2) is 77.3 Å². The van der Waals surface area contributed by atoms with E-state index in [1.165, 1.54) is 6.34 Å².